The molecule has 0 spiro atoms. The number of hydrogen-bond acceptors (Lipinski definition) is 6. The minimum absolute atomic E-state index is 0.151. The Morgan fingerprint density at radius 1 is 1.10 bits per heavy atom. The number of halogens is 3. The van der Waals surface area contributed by atoms with Crippen LogP contribution in [0.1, 0.15) is 54.8 Å². The summed E-state index contributed by atoms with van der Waals surface area (Å²) in [6.45, 7) is 4.61. The van der Waals surface area contributed by atoms with Crippen LogP contribution in [0, 0.1) is 17.5 Å². The number of amides is 3. The van der Waals surface area contributed by atoms with E-state index in [1.54, 1.807) is 32.9 Å². The molecule has 9 nitrogen and oxygen atoms in total. The molecule has 3 aromatic rings. The highest BCUT2D eigenvalue weighted by atomic mass is 19.1. The highest BCUT2D eigenvalue weighted by Crippen LogP contribution is 2.31. The lowest BCUT2D eigenvalue weighted by Crippen LogP contribution is -2.48. The molecular formula is C30H29F3N4O5. The Balaban J connectivity index is 1.75. The number of nitrogens with one attached hydrogen (secondary N) is 1. The second-order valence-electron chi connectivity index (χ2n) is 10.9. The third-order valence-electron chi connectivity index (χ3n) is 6.46. The Bertz CT molecular complexity index is 1540. The van der Waals surface area contributed by atoms with E-state index in [-0.39, 0.29) is 42.0 Å². The molecule has 4 rings (SSSR count). The molecule has 1 aliphatic rings. The van der Waals surface area contributed by atoms with Crippen LogP contribution >= 0.6 is 0 Å². The summed E-state index contributed by atoms with van der Waals surface area (Å²) < 4.78 is 47.8. The lowest BCUT2D eigenvalue weighted by Gasteiger charge is -2.29. The monoisotopic (exact) mass is 582 g/mol. The average molecular weight is 583 g/mol. The van der Waals surface area contributed by atoms with Gasteiger partial charge < -0.3 is 15.8 Å². The number of carbonyl (C=O) groups excluding carboxylic acids is 4. The number of nitrogens with zero attached hydrogens (tertiary/aromatic N) is 2. The van der Waals surface area contributed by atoms with Gasteiger partial charge in [-0.1, -0.05) is 12.1 Å². The first-order valence-corrected chi connectivity index (χ1v) is 13.0. The van der Waals surface area contributed by atoms with E-state index in [0.29, 0.717) is 17.2 Å². The fraction of sp³-hybridized carbons (Fsp3) is 0.300. The first kappa shape index (κ1) is 30.2. The average Bonchev–Trinajstić information content (AvgIpc) is 3.29. The predicted octanol–water partition coefficient (Wildman–Crippen LogP) is 4.24. The van der Waals surface area contributed by atoms with E-state index in [1.165, 1.54) is 18.3 Å². The van der Waals surface area contributed by atoms with Gasteiger partial charge >= 0.3 is 6.09 Å². The minimum atomic E-state index is -1.21. The van der Waals surface area contributed by atoms with Gasteiger partial charge in [0.25, 0.3) is 5.91 Å². The number of pyridine rings is 1. The molecule has 0 radical (unpaired) electrons. The number of Topliss-reactive ketones (excluding diaryl/α,β-unsaturated/α-hetero) is 1. The van der Waals surface area contributed by atoms with Crippen LogP contribution in [0.3, 0.4) is 0 Å². The lowest BCUT2D eigenvalue weighted by molar-refractivity contribution is -0.126. The third kappa shape index (κ3) is 7.12. The van der Waals surface area contributed by atoms with Crippen LogP contribution in [0.4, 0.5) is 18.0 Å². The van der Waals surface area contributed by atoms with E-state index >= 15 is 0 Å². The van der Waals surface area contributed by atoms with Crippen molar-refractivity contribution < 1.29 is 37.1 Å². The second kappa shape index (κ2) is 12.0. The quantitative estimate of drug-likeness (QED) is 0.428. The summed E-state index contributed by atoms with van der Waals surface area (Å²) in [5.74, 6) is -4.56. The standard InChI is InChI=1S/C30H29F3N4O5/c1-30(2,3)42-29(41)37-15-20(38)14-25(37)28(40)36-24(11-16-9-18(31)13-19(32)10-16)26-21(5-4-8-35-26)17-6-7-23(33)22(12-17)27(34)39/h4-10,12-13,24-25H,11,14-15H2,1-3H3,(H2,34,39)(H,36,40)/t24-,25?/m0/s1. The van der Waals surface area contributed by atoms with Crippen LogP contribution in [0.15, 0.2) is 54.7 Å². The maximum absolute atomic E-state index is 14.2. The van der Waals surface area contributed by atoms with Gasteiger partial charge in [-0.05, 0) is 68.7 Å². The molecule has 1 fully saturated rings. The summed E-state index contributed by atoms with van der Waals surface area (Å²) in [7, 11) is 0. The van der Waals surface area contributed by atoms with E-state index in [1.807, 2.05) is 0 Å². The third-order valence-corrected chi connectivity index (χ3v) is 6.46. The zero-order chi connectivity index (χ0) is 30.8. The van der Waals surface area contributed by atoms with Gasteiger partial charge in [-0.3, -0.25) is 24.3 Å². The van der Waals surface area contributed by atoms with Crippen LogP contribution in [-0.4, -0.2) is 51.8 Å². The Morgan fingerprint density at radius 2 is 1.79 bits per heavy atom. The molecule has 1 unspecified atom stereocenters. The molecular weight excluding hydrogens is 553 g/mol. The Morgan fingerprint density at radius 3 is 2.43 bits per heavy atom. The van der Waals surface area contributed by atoms with Gasteiger partial charge in [0.05, 0.1) is 23.8 Å². The number of ketones is 1. The van der Waals surface area contributed by atoms with Gasteiger partial charge in [0.2, 0.25) is 5.91 Å². The molecule has 0 aliphatic carbocycles. The fourth-order valence-electron chi connectivity index (χ4n) is 4.71. The molecule has 12 heteroatoms. The van der Waals surface area contributed by atoms with Crippen molar-refractivity contribution in [3.05, 3.63) is 89.0 Å². The molecule has 2 heterocycles. The molecule has 42 heavy (non-hydrogen) atoms. The van der Waals surface area contributed by atoms with Crippen LogP contribution < -0.4 is 11.1 Å². The zero-order valence-corrected chi connectivity index (χ0v) is 23.1. The number of hydrogen-bond donors (Lipinski definition) is 2. The topological polar surface area (TPSA) is 132 Å². The van der Waals surface area contributed by atoms with E-state index < -0.39 is 53.0 Å². The number of nitrogens with two attached hydrogens (primary N) is 1. The summed E-state index contributed by atoms with van der Waals surface area (Å²) in [5, 5.41) is 2.78. The fourth-order valence-corrected chi connectivity index (χ4v) is 4.71. The summed E-state index contributed by atoms with van der Waals surface area (Å²) in [6, 6.07) is 7.51. The first-order chi connectivity index (χ1) is 19.7. The molecule has 3 amide bonds. The van der Waals surface area contributed by atoms with Crippen molar-refractivity contribution in [3.8, 4) is 11.1 Å². The molecule has 2 atom stereocenters. The SMILES string of the molecule is CC(C)(C)OC(=O)N1CC(=O)CC1C(=O)N[C@@H](Cc1cc(F)cc(F)c1)c1ncccc1-c1ccc(F)c(C(N)=O)c1. The molecule has 0 bridgehead atoms. The van der Waals surface area contributed by atoms with Crippen LogP contribution in [-0.2, 0) is 20.7 Å². The largest absolute Gasteiger partial charge is 0.444 e. The maximum Gasteiger partial charge on any atom is 0.411 e. The van der Waals surface area contributed by atoms with Gasteiger partial charge in [-0.25, -0.2) is 18.0 Å². The van der Waals surface area contributed by atoms with Crippen LogP contribution in [0.25, 0.3) is 11.1 Å². The molecule has 3 N–H and O–H groups in total. The number of primary amides is 1. The van der Waals surface area contributed by atoms with E-state index in [0.717, 1.165) is 23.1 Å². The van der Waals surface area contributed by atoms with E-state index in [9.17, 15) is 32.3 Å². The number of aromatic nitrogens is 1. The summed E-state index contributed by atoms with van der Waals surface area (Å²) in [6.07, 6.45) is 0.165. The highest BCUT2D eigenvalue weighted by molar-refractivity contribution is 5.98. The van der Waals surface area contributed by atoms with Crippen molar-refractivity contribution in [3.63, 3.8) is 0 Å². The van der Waals surface area contributed by atoms with Gasteiger partial charge in [-0.15, -0.1) is 0 Å². The zero-order valence-electron chi connectivity index (χ0n) is 23.1. The van der Waals surface area contributed by atoms with E-state index in [4.69, 9.17) is 10.5 Å². The van der Waals surface area contributed by atoms with Crippen LogP contribution in [0.5, 0.6) is 0 Å². The molecule has 2 aromatic carbocycles. The van der Waals surface area contributed by atoms with Crippen molar-refractivity contribution in [2.45, 2.75) is 51.3 Å². The summed E-state index contributed by atoms with van der Waals surface area (Å²) >= 11 is 0. The van der Waals surface area contributed by atoms with Crippen molar-refractivity contribution in [2.75, 3.05) is 6.54 Å². The molecule has 220 valence electrons. The van der Waals surface area contributed by atoms with Crippen molar-refractivity contribution in [1.29, 1.82) is 0 Å². The van der Waals surface area contributed by atoms with Crippen molar-refractivity contribution in [1.82, 2.24) is 15.2 Å². The molecule has 1 aliphatic heterocycles. The highest BCUT2D eigenvalue weighted by Gasteiger charge is 2.41. The van der Waals surface area contributed by atoms with Crippen molar-refractivity contribution >= 4 is 23.7 Å². The van der Waals surface area contributed by atoms with Gasteiger partial charge in [0.15, 0.2) is 5.78 Å². The Hall–Kier alpha value is -4.74. The summed E-state index contributed by atoms with van der Waals surface area (Å²) in [5.41, 5.74) is 5.17. The minimum Gasteiger partial charge on any atom is -0.444 e. The normalized spacial score (nSPS) is 15.8. The van der Waals surface area contributed by atoms with Crippen LogP contribution in [0.2, 0.25) is 0 Å². The van der Waals surface area contributed by atoms with E-state index in [2.05, 4.69) is 10.3 Å². The Kier molecular flexibility index (Phi) is 8.64. The number of likely N-dealkylation sites (tertiary alicyclic amines) is 1. The predicted molar refractivity (Wildman–Crippen MR) is 145 cm³/mol. The van der Waals surface area contributed by atoms with Gasteiger partial charge in [0.1, 0.15) is 29.1 Å². The molecule has 1 saturated heterocycles. The Labute approximate surface area is 239 Å². The van der Waals surface area contributed by atoms with Crippen molar-refractivity contribution in [2.24, 2.45) is 5.73 Å². The number of ether oxygens (including phenoxy) is 1. The maximum atomic E-state index is 14.2. The molecule has 0 saturated carbocycles. The number of rotatable bonds is 7. The first-order valence-electron chi connectivity index (χ1n) is 13.0. The summed E-state index contributed by atoms with van der Waals surface area (Å²) in [4.78, 5) is 56.0. The van der Waals surface area contributed by atoms with Gasteiger partial charge in [-0.2, -0.15) is 0 Å². The van der Waals surface area contributed by atoms with Gasteiger partial charge in [0, 0.05) is 24.2 Å². The number of carbonyl (C=O) groups is 4. The second-order valence-corrected chi connectivity index (χ2v) is 10.9. The lowest BCUT2D eigenvalue weighted by atomic mass is 9.94. The smallest absolute Gasteiger partial charge is 0.411 e. The number of benzene rings is 2. The molecule has 1 aromatic heterocycles.